The van der Waals surface area contributed by atoms with Crippen molar-refractivity contribution in [3.05, 3.63) is 69.8 Å². The Hall–Kier alpha value is -4.12. The second-order valence-electron chi connectivity index (χ2n) is 6.61. The maximum Gasteiger partial charge on any atom is 0.323 e. The van der Waals surface area contributed by atoms with E-state index in [2.05, 4.69) is 16.2 Å². The summed E-state index contributed by atoms with van der Waals surface area (Å²) in [6.07, 6.45) is 0.275. The molecule has 5 N–H and O–H groups in total. The third-order valence-electron chi connectivity index (χ3n) is 4.33. The third-order valence-corrected chi connectivity index (χ3v) is 4.33. The minimum absolute atomic E-state index is 0.176. The number of carboxylic acid groups (broad SMARTS) is 1. The number of carbonyl (C=O) groups excluding carboxylic acids is 2. The van der Waals surface area contributed by atoms with Crippen LogP contribution in [0.3, 0.4) is 0 Å². The number of benzene rings is 2. The molecule has 11 nitrogen and oxygen atoms in total. The van der Waals surface area contributed by atoms with Crippen LogP contribution in [0.5, 0.6) is 0 Å². The van der Waals surface area contributed by atoms with Crippen LogP contribution in [0.1, 0.15) is 35.2 Å². The molecule has 2 atom stereocenters. The van der Waals surface area contributed by atoms with Crippen LogP contribution in [0.4, 0.5) is 11.4 Å². The average molecular weight is 427 g/mol. The zero-order chi connectivity index (χ0) is 23.0. The van der Waals surface area contributed by atoms with Gasteiger partial charge in [0.2, 0.25) is 0 Å². The van der Waals surface area contributed by atoms with Gasteiger partial charge in [0.05, 0.1) is 10.8 Å². The van der Waals surface area contributed by atoms with Gasteiger partial charge in [0, 0.05) is 35.7 Å². The number of rotatable bonds is 10. The van der Waals surface area contributed by atoms with Crippen LogP contribution in [0.15, 0.2) is 48.5 Å². The van der Waals surface area contributed by atoms with E-state index in [1.54, 1.807) is 12.1 Å². The summed E-state index contributed by atoms with van der Waals surface area (Å²) in [5.41, 5.74) is 5.45. The minimum Gasteiger partial charge on any atom is -0.480 e. The number of hydrogen-bond acceptors (Lipinski definition) is 7. The molecule has 2 aromatic carbocycles. The van der Waals surface area contributed by atoms with Gasteiger partial charge in [0.25, 0.3) is 11.6 Å². The summed E-state index contributed by atoms with van der Waals surface area (Å²) in [5, 5.41) is 30.9. The SMILES string of the molecule is CC(=N)Nc1cccc(C(=O)NNC(C(=O)O)C(CC=O)c2cccc([N+](=O)[O-])c2)c1. The van der Waals surface area contributed by atoms with Crippen LogP contribution in [-0.2, 0) is 9.59 Å². The van der Waals surface area contributed by atoms with Crippen molar-refractivity contribution in [3.63, 3.8) is 0 Å². The second-order valence-corrected chi connectivity index (χ2v) is 6.61. The van der Waals surface area contributed by atoms with E-state index in [-0.39, 0.29) is 29.1 Å². The lowest BCUT2D eigenvalue weighted by Crippen LogP contribution is -2.51. The van der Waals surface area contributed by atoms with E-state index in [1.807, 2.05) is 0 Å². The number of nitrogens with zero attached hydrogens (tertiary/aromatic N) is 1. The molecule has 31 heavy (non-hydrogen) atoms. The summed E-state index contributed by atoms with van der Waals surface area (Å²) in [7, 11) is 0. The molecule has 1 amide bonds. The summed E-state index contributed by atoms with van der Waals surface area (Å²) in [6.45, 7) is 1.53. The zero-order valence-electron chi connectivity index (χ0n) is 16.5. The number of amides is 1. The maximum atomic E-state index is 12.5. The van der Waals surface area contributed by atoms with Crippen molar-refractivity contribution in [1.82, 2.24) is 10.9 Å². The standard InChI is InChI=1S/C20H21N5O6/c1-12(21)22-15-6-2-5-14(10-15)19(27)24-23-18(20(28)29)17(8-9-26)13-4-3-7-16(11-13)25(30)31/h2-7,9-11,17-18,23H,8H2,1H3,(H2,21,22)(H,24,27)(H,28,29). The Morgan fingerprint density at radius 1 is 1.23 bits per heavy atom. The van der Waals surface area contributed by atoms with E-state index in [0.29, 0.717) is 12.0 Å². The average Bonchev–Trinajstić information content (AvgIpc) is 2.72. The number of aliphatic carboxylic acids is 1. The Morgan fingerprint density at radius 2 is 1.94 bits per heavy atom. The van der Waals surface area contributed by atoms with Gasteiger partial charge in [-0.05, 0) is 30.7 Å². The van der Waals surface area contributed by atoms with E-state index < -0.39 is 28.8 Å². The van der Waals surface area contributed by atoms with Crippen molar-refractivity contribution < 1.29 is 24.4 Å². The van der Waals surface area contributed by atoms with Crippen LogP contribution in [0.25, 0.3) is 0 Å². The molecule has 0 bridgehead atoms. The highest BCUT2D eigenvalue weighted by Crippen LogP contribution is 2.26. The van der Waals surface area contributed by atoms with Gasteiger partial charge in [-0.25, -0.2) is 5.43 Å². The largest absolute Gasteiger partial charge is 0.480 e. The van der Waals surface area contributed by atoms with Crippen molar-refractivity contribution in [2.45, 2.75) is 25.3 Å². The summed E-state index contributed by atoms with van der Waals surface area (Å²) in [4.78, 5) is 45.9. The fourth-order valence-electron chi connectivity index (χ4n) is 2.94. The molecule has 162 valence electrons. The lowest BCUT2D eigenvalue weighted by molar-refractivity contribution is -0.384. The van der Waals surface area contributed by atoms with Crippen molar-refractivity contribution in [3.8, 4) is 0 Å². The van der Waals surface area contributed by atoms with Crippen molar-refractivity contribution in [1.29, 1.82) is 5.41 Å². The Morgan fingerprint density at radius 3 is 2.55 bits per heavy atom. The number of carboxylic acids is 1. The predicted octanol–water partition coefficient (Wildman–Crippen LogP) is 2.06. The van der Waals surface area contributed by atoms with Gasteiger partial charge in [-0.3, -0.25) is 30.5 Å². The first-order valence-corrected chi connectivity index (χ1v) is 9.11. The van der Waals surface area contributed by atoms with E-state index in [0.717, 1.165) is 0 Å². The van der Waals surface area contributed by atoms with Crippen molar-refractivity contribution in [2.75, 3.05) is 5.32 Å². The lowest BCUT2D eigenvalue weighted by atomic mass is 9.89. The molecule has 0 aliphatic carbocycles. The number of nitrogens with one attached hydrogen (secondary N) is 4. The summed E-state index contributed by atoms with van der Waals surface area (Å²) >= 11 is 0. The molecule has 2 rings (SSSR count). The molecule has 2 aromatic rings. The number of amidine groups is 1. The van der Waals surface area contributed by atoms with Crippen LogP contribution in [0, 0.1) is 15.5 Å². The smallest absolute Gasteiger partial charge is 0.323 e. The van der Waals surface area contributed by atoms with Crippen molar-refractivity contribution in [2.24, 2.45) is 0 Å². The number of carbonyl (C=O) groups is 3. The van der Waals surface area contributed by atoms with Crippen LogP contribution >= 0.6 is 0 Å². The second kappa shape index (κ2) is 10.6. The first-order valence-electron chi connectivity index (χ1n) is 9.11. The summed E-state index contributed by atoms with van der Waals surface area (Å²) < 4.78 is 0. The highest BCUT2D eigenvalue weighted by atomic mass is 16.6. The Kier molecular flexibility index (Phi) is 7.92. The molecule has 0 spiro atoms. The van der Waals surface area contributed by atoms with Gasteiger partial charge in [0.1, 0.15) is 12.3 Å². The highest BCUT2D eigenvalue weighted by Gasteiger charge is 2.30. The quantitative estimate of drug-likeness (QED) is 0.126. The van der Waals surface area contributed by atoms with Gasteiger partial charge < -0.3 is 15.2 Å². The van der Waals surface area contributed by atoms with E-state index in [1.165, 1.54) is 43.3 Å². The van der Waals surface area contributed by atoms with Gasteiger partial charge in [-0.15, -0.1) is 0 Å². The van der Waals surface area contributed by atoms with E-state index in [4.69, 9.17) is 5.41 Å². The summed E-state index contributed by atoms with van der Waals surface area (Å²) in [6, 6.07) is 10.1. The molecule has 0 saturated carbocycles. The van der Waals surface area contributed by atoms with Crippen molar-refractivity contribution >= 4 is 35.4 Å². The first-order chi connectivity index (χ1) is 14.7. The zero-order valence-corrected chi connectivity index (χ0v) is 16.5. The van der Waals surface area contributed by atoms with Crippen LogP contribution in [0.2, 0.25) is 0 Å². The fraction of sp³-hybridized carbons (Fsp3) is 0.200. The first kappa shape index (κ1) is 23.2. The fourth-order valence-corrected chi connectivity index (χ4v) is 2.94. The molecule has 2 unspecified atom stereocenters. The minimum atomic E-state index is -1.43. The Bertz CT molecular complexity index is 1010. The number of nitro groups is 1. The molecule has 0 fully saturated rings. The Balaban J connectivity index is 2.22. The monoisotopic (exact) mass is 427 g/mol. The van der Waals surface area contributed by atoms with Crippen LogP contribution in [-0.4, -0.2) is 40.1 Å². The van der Waals surface area contributed by atoms with Gasteiger partial charge in [-0.2, -0.15) is 0 Å². The summed E-state index contributed by atoms with van der Waals surface area (Å²) in [5.74, 6) is -2.78. The normalized spacial score (nSPS) is 12.3. The number of non-ortho nitro benzene ring substituents is 1. The topological polar surface area (TPSA) is 175 Å². The molecular formula is C20H21N5O6. The molecule has 0 heterocycles. The molecular weight excluding hydrogens is 406 g/mol. The van der Waals surface area contributed by atoms with E-state index >= 15 is 0 Å². The number of hydrogen-bond donors (Lipinski definition) is 5. The number of hydrazine groups is 1. The molecule has 0 aliphatic rings. The predicted molar refractivity (Wildman–Crippen MR) is 112 cm³/mol. The Labute approximate surface area is 177 Å². The third kappa shape index (κ3) is 6.44. The number of aldehydes is 1. The maximum absolute atomic E-state index is 12.5. The molecule has 0 aliphatic heterocycles. The number of anilines is 1. The van der Waals surface area contributed by atoms with E-state index in [9.17, 15) is 29.6 Å². The molecule has 11 heteroatoms. The van der Waals surface area contributed by atoms with Crippen LogP contribution < -0.4 is 16.2 Å². The number of nitro benzene ring substituents is 1. The molecule has 0 radical (unpaired) electrons. The van der Waals surface area contributed by atoms with Gasteiger partial charge in [-0.1, -0.05) is 18.2 Å². The lowest BCUT2D eigenvalue weighted by Gasteiger charge is -2.24. The van der Waals surface area contributed by atoms with Gasteiger partial charge in [0.15, 0.2) is 0 Å². The molecule has 0 aromatic heterocycles. The highest BCUT2D eigenvalue weighted by molar-refractivity contribution is 5.97. The molecule has 0 saturated heterocycles. The van der Waals surface area contributed by atoms with Gasteiger partial charge >= 0.3 is 5.97 Å².